The van der Waals surface area contributed by atoms with Crippen LogP contribution in [0, 0.1) is 0 Å². The zero-order valence-corrected chi connectivity index (χ0v) is 6.76. The van der Waals surface area contributed by atoms with Gasteiger partial charge in [-0.25, -0.2) is 0 Å². The second kappa shape index (κ2) is 6.71. The van der Waals surface area contributed by atoms with Crippen LogP contribution in [0.2, 0.25) is 0 Å². The third-order valence-corrected chi connectivity index (χ3v) is 1.46. The Balaban J connectivity index is 3.29. The fraction of sp³-hybridized carbons (Fsp3) is 0.857. The summed E-state index contributed by atoms with van der Waals surface area (Å²) in [4.78, 5) is 12.2. The van der Waals surface area contributed by atoms with E-state index >= 15 is 0 Å². The smallest absolute Gasteiger partial charge is 0.133 e. The molecule has 0 atom stereocenters. The maximum Gasteiger partial charge on any atom is 0.133 e. The number of hydrogen-bond donors (Lipinski definition) is 1. The normalized spacial score (nSPS) is 10.3. The van der Waals surface area contributed by atoms with Crippen molar-refractivity contribution in [3.05, 3.63) is 0 Å². The molecule has 0 aliphatic rings. The van der Waals surface area contributed by atoms with Crippen LogP contribution in [0.1, 0.15) is 6.92 Å². The molecule has 0 saturated heterocycles. The number of nitrogens with zero attached hydrogens (tertiary/aromatic N) is 1. The molecule has 0 saturated carbocycles. The molecule has 0 rings (SSSR count). The zero-order chi connectivity index (χ0) is 7.82. The fourth-order valence-corrected chi connectivity index (χ4v) is 0.754. The summed E-state index contributed by atoms with van der Waals surface area (Å²) in [6, 6.07) is 0. The van der Waals surface area contributed by atoms with Crippen molar-refractivity contribution in [1.82, 2.24) is 10.2 Å². The van der Waals surface area contributed by atoms with E-state index in [4.69, 9.17) is 0 Å². The van der Waals surface area contributed by atoms with Gasteiger partial charge in [0, 0.05) is 13.1 Å². The summed E-state index contributed by atoms with van der Waals surface area (Å²) in [5.74, 6) is 0. The first-order valence-electron chi connectivity index (χ1n) is 3.65. The van der Waals surface area contributed by atoms with Crippen molar-refractivity contribution in [1.29, 1.82) is 0 Å². The number of likely N-dealkylation sites (N-methyl/N-ethyl adjacent to an activating group) is 2. The summed E-state index contributed by atoms with van der Waals surface area (Å²) in [7, 11) is 1.91. The van der Waals surface area contributed by atoms with Gasteiger partial charge in [0.05, 0.1) is 6.54 Å². The molecule has 3 heteroatoms. The maximum absolute atomic E-state index is 10.1. The third-order valence-electron chi connectivity index (χ3n) is 1.46. The van der Waals surface area contributed by atoms with Gasteiger partial charge in [-0.05, 0) is 13.6 Å². The molecule has 0 amide bonds. The minimum absolute atomic E-state index is 0.554. The van der Waals surface area contributed by atoms with Crippen LogP contribution in [0.15, 0.2) is 0 Å². The van der Waals surface area contributed by atoms with Crippen LogP contribution in [-0.4, -0.2) is 44.4 Å². The maximum atomic E-state index is 10.1. The minimum Gasteiger partial charge on any atom is -0.318 e. The van der Waals surface area contributed by atoms with Crippen molar-refractivity contribution in [3.8, 4) is 0 Å². The van der Waals surface area contributed by atoms with E-state index in [0.29, 0.717) is 6.54 Å². The summed E-state index contributed by atoms with van der Waals surface area (Å²) < 4.78 is 0. The first-order valence-corrected chi connectivity index (χ1v) is 3.65. The van der Waals surface area contributed by atoms with Gasteiger partial charge in [0.25, 0.3) is 0 Å². The molecule has 60 valence electrons. The lowest BCUT2D eigenvalue weighted by atomic mass is 10.4. The molecule has 0 aliphatic carbocycles. The van der Waals surface area contributed by atoms with E-state index in [9.17, 15) is 4.79 Å². The van der Waals surface area contributed by atoms with Crippen LogP contribution in [-0.2, 0) is 4.79 Å². The third kappa shape index (κ3) is 4.47. The topological polar surface area (TPSA) is 32.3 Å². The fourth-order valence-electron chi connectivity index (χ4n) is 0.754. The second-order valence-corrected chi connectivity index (χ2v) is 2.16. The lowest BCUT2D eigenvalue weighted by Gasteiger charge is -2.15. The average Bonchev–Trinajstić information content (AvgIpc) is 1.98. The highest BCUT2D eigenvalue weighted by Crippen LogP contribution is 1.81. The lowest BCUT2D eigenvalue weighted by molar-refractivity contribution is -0.108. The van der Waals surface area contributed by atoms with Crippen LogP contribution >= 0.6 is 0 Å². The Labute approximate surface area is 62.4 Å². The predicted octanol–water partition coefficient (Wildman–Crippen LogP) is -0.273. The quantitative estimate of drug-likeness (QED) is 0.521. The van der Waals surface area contributed by atoms with Crippen molar-refractivity contribution in [2.24, 2.45) is 0 Å². The molecule has 10 heavy (non-hydrogen) atoms. The van der Waals surface area contributed by atoms with Gasteiger partial charge in [0.2, 0.25) is 0 Å². The van der Waals surface area contributed by atoms with Crippen molar-refractivity contribution < 1.29 is 4.79 Å². The molecule has 0 radical (unpaired) electrons. The lowest BCUT2D eigenvalue weighted by Crippen LogP contribution is -2.31. The number of aldehydes is 1. The van der Waals surface area contributed by atoms with Gasteiger partial charge < -0.3 is 10.1 Å². The molecular formula is C7H16N2O. The Morgan fingerprint density at radius 1 is 1.60 bits per heavy atom. The first kappa shape index (κ1) is 9.59. The molecular weight excluding hydrogens is 128 g/mol. The van der Waals surface area contributed by atoms with Crippen LogP contribution in [0.4, 0.5) is 0 Å². The SMILES string of the molecule is CCN(CC=O)CCNC. The second-order valence-electron chi connectivity index (χ2n) is 2.16. The van der Waals surface area contributed by atoms with Gasteiger partial charge in [-0.3, -0.25) is 4.90 Å². The number of hydrogen-bond acceptors (Lipinski definition) is 3. The number of rotatable bonds is 6. The Kier molecular flexibility index (Phi) is 6.43. The molecule has 0 unspecified atom stereocenters. The van der Waals surface area contributed by atoms with E-state index in [1.807, 2.05) is 7.05 Å². The van der Waals surface area contributed by atoms with Gasteiger partial charge >= 0.3 is 0 Å². The van der Waals surface area contributed by atoms with E-state index in [2.05, 4.69) is 17.1 Å². The largest absolute Gasteiger partial charge is 0.318 e. The summed E-state index contributed by atoms with van der Waals surface area (Å²) >= 11 is 0. The Morgan fingerprint density at radius 2 is 2.30 bits per heavy atom. The molecule has 0 heterocycles. The number of carbonyl (C=O) groups excluding carboxylic acids is 1. The molecule has 0 aromatic rings. The summed E-state index contributed by atoms with van der Waals surface area (Å²) in [5, 5.41) is 3.03. The zero-order valence-electron chi connectivity index (χ0n) is 6.76. The highest BCUT2D eigenvalue weighted by atomic mass is 16.1. The van der Waals surface area contributed by atoms with Gasteiger partial charge in [-0.1, -0.05) is 6.92 Å². The number of carbonyl (C=O) groups is 1. The van der Waals surface area contributed by atoms with Crippen LogP contribution in [0.25, 0.3) is 0 Å². The highest BCUT2D eigenvalue weighted by Gasteiger charge is 1.97. The Morgan fingerprint density at radius 3 is 2.70 bits per heavy atom. The summed E-state index contributed by atoms with van der Waals surface area (Å²) in [5.41, 5.74) is 0. The van der Waals surface area contributed by atoms with Gasteiger partial charge in [-0.2, -0.15) is 0 Å². The first-order chi connectivity index (χ1) is 4.85. The van der Waals surface area contributed by atoms with Gasteiger partial charge in [0.15, 0.2) is 0 Å². The molecule has 0 bridgehead atoms. The van der Waals surface area contributed by atoms with Crippen molar-refractivity contribution in [2.75, 3.05) is 33.2 Å². The molecule has 0 aliphatic heterocycles. The molecule has 0 aromatic carbocycles. The van der Waals surface area contributed by atoms with Crippen LogP contribution in [0.3, 0.4) is 0 Å². The Hall–Kier alpha value is -0.410. The van der Waals surface area contributed by atoms with E-state index in [-0.39, 0.29) is 0 Å². The molecule has 0 fully saturated rings. The van der Waals surface area contributed by atoms with E-state index in [0.717, 1.165) is 25.9 Å². The van der Waals surface area contributed by atoms with Crippen molar-refractivity contribution in [2.45, 2.75) is 6.92 Å². The predicted molar refractivity (Wildman–Crippen MR) is 42.1 cm³/mol. The van der Waals surface area contributed by atoms with Crippen LogP contribution in [0.5, 0.6) is 0 Å². The highest BCUT2D eigenvalue weighted by molar-refractivity contribution is 5.51. The number of nitrogens with one attached hydrogen (secondary N) is 1. The van der Waals surface area contributed by atoms with Crippen molar-refractivity contribution in [3.63, 3.8) is 0 Å². The summed E-state index contributed by atoms with van der Waals surface area (Å²) in [6.45, 7) is 5.45. The van der Waals surface area contributed by atoms with E-state index in [1.165, 1.54) is 0 Å². The monoisotopic (exact) mass is 144 g/mol. The molecule has 1 N–H and O–H groups in total. The minimum atomic E-state index is 0.554. The standard InChI is InChI=1S/C7H16N2O/c1-3-9(6-7-10)5-4-8-2/h7-8H,3-6H2,1-2H3. The van der Waals surface area contributed by atoms with Crippen LogP contribution < -0.4 is 5.32 Å². The summed E-state index contributed by atoms with van der Waals surface area (Å²) in [6.07, 6.45) is 0.944. The van der Waals surface area contributed by atoms with Gasteiger partial charge in [-0.15, -0.1) is 0 Å². The average molecular weight is 144 g/mol. The van der Waals surface area contributed by atoms with Crippen molar-refractivity contribution >= 4 is 6.29 Å². The van der Waals surface area contributed by atoms with E-state index in [1.54, 1.807) is 0 Å². The molecule has 3 nitrogen and oxygen atoms in total. The van der Waals surface area contributed by atoms with E-state index < -0.39 is 0 Å². The molecule has 0 spiro atoms. The molecule has 0 aromatic heterocycles. The Bertz CT molecular complexity index is 85.7. The van der Waals surface area contributed by atoms with Gasteiger partial charge in [0.1, 0.15) is 6.29 Å².